The molecule has 0 saturated heterocycles. The second kappa shape index (κ2) is 13.1. The Morgan fingerprint density at radius 1 is 0.543 bits per heavy atom. The van der Waals surface area contributed by atoms with Crippen LogP contribution in [0.1, 0.15) is 46.4 Å². The number of benzene rings is 4. The maximum atomic E-state index is 13.7. The highest BCUT2D eigenvalue weighted by molar-refractivity contribution is 9.10. The maximum Gasteiger partial charge on any atom is 0.252 e. The number of para-hydroxylation sites is 2. The Balaban J connectivity index is 1.05. The number of pyridine rings is 2. The van der Waals surface area contributed by atoms with Crippen molar-refractivity contribution in [3.8, 4) is 22.5 Å². The van der Waals surface area contributed by atoms with E-state index in [0.29, 0.717) is 11.1 Å². The minimum atomic E-state index is -0.104. The van der Waals surface area contributed by atoms with Crippen LogP contribution in [0.4, 0.5) is 0 Å². The Morgan fingerprint density at radius 2 is 0.913 bits per heavy atom. The summed E-state index contributed by atoms with van der Waals surface area (Å²) in [4.78, 5) is 37.0. The first kappa shape index (κ1) is 30.3. The third-order valence-corrected chi connectivity index (χ3v) is 9.66. The van der Waals surface area contributed by atoms with Crippen molar-refractivity contribution in [3.05, 3.63) is 129 Å². The molecule has 0 radical (unpaired) electrons. The Bertz CT molecular complexity index is 1920. The molecule has 0 atom stereocenters. The Morgan fingerprint density at radius 3 is 1.30 bits per heavy atom. The van der Waals surface area contributed by atoms with Crippen LogP contribution in [-0.4, -0.2) is 33.9 Å². The molecule has 2 amide bonds. The number of nitrogens with zero attached hydrogens (tertiary/aromatic N) is 2. The fourth-order valence-corrected chi connectivity index (χ4v) is 6.70. The van der Waals surface area contributed by atoms with Gasteiger partial charge in [0.1, 0.15) is 0 Å². The van der Waals surface area contributed by atoms with Gasteiger partial charge in [0.25, 0.3) is 11.8 Å². The number of hydrogen-bond donors (Lipinski definition) is 2. The molecule has 1 fully saturated rings. The van der Waals surface area contributed by atoms with Gasteiger partial charge in [-0.25, -0.2) is 9.97 Å². The molecule has 6 nitrogen and oxygen atoms in total. The van der Waals surface area contributed by atoms with Crippen LogP contribution >= 0.6 is 31.9 Å². The highest BCUT2D eigenvalue weighted by Gasteiger charge is 2.26. The monoisotopic (exact) mass is 732 g/mol. The van der Waals surface area contributed by atoms with Crippen molar-refractivity contribution < 1.29 is 9.59 Å². The number of rotatable bonds is 6. The largest absolute Gasteiger partial charge is 0.349 e. The topological polar surface area (TPSA) is 84.0 Å². The van der Waals surface area contributed by atoms with Crippen LogP contribution in [0.15, 0.2) is 118 Å². The number of carbonyl (C=O) groups is 2. The molecule has 0 aliphatic heterocycles. The fraction of sp³-hybridized carbons (Fsp3) is 0.158. The molecule has 2 aromatic heterocycles. The van der Waals surface area contributed by atoms with Crippen LogP contribution in [0.5, 0.6) is 0 Å². The number of amides is 2. The zero-order valence-corrected chi connectivity index (χ0v) is 28.0. The summed E-state index contributed by atoms with van der Waals surface area (Å²) in [5.74, 6) is -0.207. The molecule has 0 spiro atoms. The molecule has 2 N–H and O–H groups in total. The number of fused-ring (bicyclic) bond motifs is 2. The van der Waals surface area contributed by atoms with Crippen molar-refractivity contribution >= 4 is 65.5 Å². The zero-order valence-electron chi connectivity index (χ0n) is 24.8. The molecule has 1 saturated carbocycles. The van der Waals surface area contributed by atoms with Gasteiger partial charge >= 0.3 is 0 Å². The molecule has 6 aromatic rings. The van der Waals surface area contributed by atoms with Crippen molar-refractivity contribution in [2.75, 3.05) is 0 Å². The SMILES string of the molecule is O=C(NC1CCC(NC(=O)c2cc(-c3ccc(Br)cc3)nc3ccccc23)CC1)c1cc(-c2ccc(Br)cc2)nc2ccccc12. The quantitative estimate of drug-likeness (QED) is 0.179. The normalized spacial score (nSPS) is 16.3. The lowest BCUT2D eigenvalue weighted by molar-refractivity contribution is 0.0893. The van der Waals surface area contributed by atoms with E-state index in [2.05, 4.69) is 42.5 Å². The van der Waals surface area contributed by atoms with Gasteiger partial charge in [-0.15, -0.1) is 0 Å². The van der Waals surface area contributed by atoms with Crippen LogP contribution in [0.25, 0.3) is 44.3 Å². The predicted molar refractivity (Wildman–Crippen MR) is 191 cm³/mol. The third kappa shape index (κ3) is 6.46. The van der Waals surface area contributed by atoms with Crippen molar-refractivity contribution in [1.82, 2.24) is 20.6 Å². The molecule has 4 aromatic carbocycles. The number of aromatic nitrogens is 2. The van der Waals surface area contributed by atoms with Gasteiger partial charge in [0.2, 0.25) is 0 Å². The van der Waals surface area contributed by atoms with Gasteiger partial charge in [-0.3, -0.25) is 9.59 Å². The van der Waals surface area contributed by atoms with E-state index in [9.17, 15) is 9.59 Å². The molecule has 8 heteroatoms. The van der Waals surface area contributed by atoms with Gasteiger partial charge in [0, 0.05) is 42.9 Å². The van der Waals surface area contributed by atoms with E-state index in [1.54, 1.807) is 0 Å². The molecule has 0 unspecified atom stereocenters. The van der Waals surface area contributed by atoms with Crippen LogP contribution in [0.2, 0.25) is 0 Å². The first-order valence-electron chi connectivity index (χ1n) is 15.3. The standard InChI is InChI=1S/C38H30Br2N4O2/c39-25-13-9-23(10-14-25)35-21-31(29-5-1-3-7-33(29)43-35)37(45)41-27-17-19-28(20-18-27)42-38(46)32-22-36(24-11-15-26(40)16-12-24)44-34-8-4-2-6-30(32)34/h1-16,21-22,27-28H,17-20H2,(H,41,45)(H,42,46). The van der Waals surface area contributed by atoms with Crippen molar-refractivity contribution in [2.45, 2.75) is 37.8 Å². The molecule has 0 bridgehead atoms. The summed E-state index contributed by atoms with van der Waals surface area (Å²) in [5, 5.41) is 8.21. The van der Waals surface area contributed by atoms with E-state index in [1.807, 2.05) is 109 Å². The van der Waals surface area contributed by atoms with Gasteiger partial charge in [-0.05, 0) is 74.2 Å². The van der Waals surface area contributed by atoms with Crippen LogP contribution in [0, 0.1) is 0 Å². The van der Waals surface area contributed by atoms with E-state index in [0.717, 1.165) is 78.9 Å². The van der Waals surface area contributed by atoms with E-state index in [1.165, 1.54) is 0 Å². The summed E-state index contributed by atoms with van der Waals surface area (Å²) in [7, 11) is 0. The Hall–Kier alpha value is -4.40. The van der Waals surface area contributed by atoms with Crippen molar-refractivity contribution in [3.63, 3.8) is 0 Å². The van der Waals surface area contributed by atoms with E-state index in [-0.39, 0.29) is 23.9 Å². The summed E-state index contributed by atoms with van der Waals surface area (Å²) in [5.41, 5.74) is 6.22. The zero-order chi connectivity index (χ0) is 31.6. The average molecular weight is 734 g/mol. The number of halogens is 2. The highest BCUT2D eigenvalue weighted by Crippen LogP contribution is 2.29. The lowest BCUT2D eigenvalue weighted by atomic mass is 9.90. The van der Waals surface area contributed by atoms with Gasteiger partial charge in [0.05, 0.1) is 33.5 Å². The average Bonchev–Trinajstić information content (AvgIpc) is 3.08. The van der Waals surface area contributed by atoms with E-state index >= 15 is 0 Å². The summed E-state index contributed by atoms with van der Waals surface area (Å²) >= 11 is 6.98. The van der Waals surface area contributed by atoms with Crippen molar-refractivity contribution in [2.24, 2.45) is 0 Å². The molecule has 46 heavy (non-hydrogen) atoms. The second-order valence-electron chi connectivity index (χ2n) is 11.7. The van der Waals surface area contributed by atoms with Crippen molar-refractivity contribution in [1.29, 1.82) is 0 Å². The summed E-state index contributed by atoms with van der Waals surface area (Å²) in [6.45, 7) is 0. The van der Waals surface area contributed by atoms with Crippen LogP contribution in [-0.2, 0) is 0 Å². The number of carbonyl (C=O) groups excluding carboxylic acids is 2. The molecule has 228 valence electrons. The van der Waals surface area contributed by atoms with Gasteiger partial charge < -0.3 is 10.6 Å². The number of hydrogen-bond acceptors (Lipinski definition) is 4. The van der Waals surface area contributed by atoms with E-state index < -0.39 is 0 Å². The smallest absolute Gasteiger partial charge is 0.252 e. The lowest BCUT2D eigenvalue weighted by Crippen LogP contribution is -2.44. The van der Waals surface area contributed by atoms with Gasteiger partial charge in [-0.1, -0.05) is 92.5 Å². The highest BCUT2D eigenvalue weighted by atomic mass is 79.9. The first-order valence-corrected chi connectivity index (χ1v) is 16.9. The number of nitrogens with one attached hydrogen (secondary N) is 2. The van der Waals surface area contributed by atoms with Gasteiger partial charge in [0.15, 0.2) is 0 Å². The molecule has 1 aliphatic rings. The Labute approximate surface area is 283 Å². The summed E-state index contributed by atoms with van der Waals surface area (Å²) < 4.78 is 1.97. The third-order valence-electron chi connectivity index (χ3n) is 8.60. The maximum absolute atomic E-state index is 13.7. The molecule has 7 rings (SSSR count). The van der Waals surface area contributed by atoms with Crippen LogP contribution < -0.4 is 10.6 Å². The molecule has 2 heterocycles. The lowest BCUT2D eigenvalue weighted by Gasteiger charge is -2.30. The second-order valence-corrected chi connectivity index (χ2v) is 13.5. The van der Waals surface area contributed by atoms with Gasteiger partial charge in [-0.2, -0.15) is 0 Å². The Kier molecular flexibility index (Phi) is 8.65. The summed E-state index contributed by atoms with van der Waals surface area (Å²) in [6.07, 6.45) is 3.11. The first-order chi connectivity index (χ1) is 22.4. The minimum absolute atomic E-state index is 0.0227. The molecular weight excluding hydrogens is 704 g/mol. The molecular formula is C38H30Br2N4O2. The summed E-state index contributed by atoms with van der Waals surface area (Å²) in [6, 6.07) is 35.2. The molecule has 1 aliphatic carbocycles. The fourth-order valence-electron chi connectivity index (χ4n) is 6.17. The van der Waals surface area contributed by atoms with Crippen LogP contribution in [0.3, 0.4) is 0 Å². The van der Waals surface area contributed by atoms with E-state index in [4.69, 9.17) is 9.97 Å². The minimum Gasteiger partial charge on any atom is -0.349 e. The predicted octanol–water partition coefficient (Wildman–Crippen LogP) is 9.11.